The first-order valence-corrected chi connectivity index (χ1v) is 11.6. The van der Waals surface area contributed by atoms with Crippen molar-refractivity contribution >= 4 is 10.5 Å². The van der Waals surface area contributed by atoms with E-state index in [4.69, 9.17) is 4.43 Å². The third-order valence-electron chi connectivity index (χ3n) is 5.44. The van der Waals surface area contributed by atoms with Crippen molar-refractivity contribution in [2.24, 2.45) is 5.92 Å². The van der Waals surface area contributed by atoms with Crippen molar-refractivity contribution in [3.05, 3.63) is 0 Å². The molecule has 2 atom stereocenters. The summed E-state index contributed by atoms with van der Waals surface area (Å²) in [7, 11) is 0.882. The van der Waals surface area contributed by atoms with Gasteiger partial charge in [-0.3, -0.25) is 0 Å². The molecule has 0 aromatic rings. The van der Waals surface area contributed by atoms with Crippen LogP contribution in [0.4, 0.5) is 0 Å². The molecule has 0 saturated carbocycles. The van der Waals surface area contributed by atoms with Crippen LogP contribution in [0.15, 0.2) is 0 Å². The van der Waals surface area contributed by atoms with Crippen molar-refractivity contribution in [3.63, 3.8) is 0 Å². The Morgan fingerprint density at radius 1 is 0.609 bits per heavy atom. The standard InChI is InChI=1S/C21H46OSi/c1-4-5-6-7-8-9-10-11-12-13-14-15-16-17-18-19-20(2)21(3)22-23/h20-21H,4-19H2,1-3,23H3. The van der Waals surface area contributed by atoms with Crippen LogP contribution in [0.25, 0.3) is 0 Å². The van der Waals surface area contributed by atoms with Crippen LogP contribution >= 0.6 is 0 Å². The average Bonchev–Trinajstić information content (AvgIpc) is 2.57. The van der Waals surface area contributed by atoms with Crippen LogP contribution in [0.2, 0.25) is 0 Å². The van der Waals surface area contributed by atoms with Gasteiger partial charge in [0, 0.05) is 6.10 Å². The van der Waals surface area contributed by atoms with Crippen LogP contribution < -0.4 is 0 Å². The zero-order chi connectivity index (χ0) is 17.2. The van der Waals surface area contributed by atoms with E-state index in [2.05, 4.69) is 20.8 Å². The van der Waals surface area contributed by atoms with E-state index < -0.39 is 0 Å². The van der Waals surface area contributed by atoms with E-state index in [1.54, 1.807) is 0 Å². The summed E-state index contributed by atoms with van der Waals surface area (Å²) in [6, 6.07) is 0. The minimum atomic E-state index is 0.480. The Morgan fingerprint density at radius 3 is 1.30 bits per heavy atom. The molecule has 0 heterocycles. The predicted octanol–water partition coefficient (Wildman–Crippen LogP) is 6.57. The highest BCUT2D eigenvalue weighted by atomic mass is 28.2. The summed E-state index contributed by atoms with van der Waals surface area (Å²) < 4.78 is 5.53. The largest absolute Gasteiger partial charge is 0.425 e. The van der Waals surface area contributed by atoms with Crippen LogP contribution in [0.5, 0.6) is 0 Å². The molecule has 0 aromatic heterocycles. The molecule has 2 unspecified atom stereocenters. The van der Waals surface area contributed by atoms with Crippen LogP contribution in [0.1, 0.15) is 124 Å². The van der Waals surface area contributed by atoms with Crippen molar-refractivity contribution in [3.8, 4) is 0 Å². The maximum absolute atomic E-state index is 5.53. The summed E-state index contributed by atoms with van der Waals surface area (Å²) in [5.41, 5.74) is 0. The Labute approximate surface area is 150 Å². The van der Waals surface area contributed by atoms with Gasteiger partial charge in [-0.05, 0) is 19.3 Å². The van der Waals surface area contributed by atoms with E-state index in [9.17, 15) is 0 Å². The highest BCUT2D eigenvalue weighted by Gasteiger charge is 2.09. The molecular weight excluding hydrogens is 296 g/mol. The lowest BCUT2D eigenvalue weighted by atomic mass is 9.97. The molecule has 0 amide bonds. The molecule has 0 aliphatic heterocycles. The minimum Gasteiger partial charge on any atom is -0.425 e. The molecule has 0 radical (unpaired) electrons. The van der Waals surface area contributed by atoms with Gasteiger partial charge in [-0.15, -0.1) is 0 Å². The van der Waals surface area contributed by atoms with Crippen molar-refractivity contribution in [1.29, 1.82) is 0 Å². The van der Waals surface area contributed by atoms with Gasteiger partial charge in [-0.25, -0.2) is 0 Å². The normalized spacial score (nSPS) is 14.2. The Hall–Kier alpha value is 0.177. The van der Waals surface area contributed by atoms with Gasteiger partial charge in [0.25, 0.3) is 0 Å². The van der Waals surface area contributed by atoms with Crippen LogP contribution in [0, 0.1) is 5.92 Å². The lowest BCUT2D eigenvalue weighted by Gasteiger charge is -2.18. The highest BCUT2D eigenvalue weighted by molar-refractivity contribution is 5.98. The first-order valence-electron chi connectivity index (χ1n) is 10.7. The first-order chi connectivity index (χ1) is 11.2. The van der Waals surface area contributed by atoms with Gasteiger partial charge in [0.1, 0.15) is 10.5 Å². The van der Waals surface area contributed by atoms with Crippen LogP contribution in [-0.2, 0) is 4.43 Å². The third kappa shape index (κ3) is 16.8. The fraction of sp³-hybridized carbons (Fsp3) is 1.00. The smallest absolute Gasteiger partial charge is 0.146 e. The first kappa shape index (κ1) is 23.2. The molecule has 1 nitrogen and oxygen atoms in total. The van der Waals surface area contributed by atoms with Gasteiger partial charge in [0.15, 0.2) is 0 Å². The zero-order valence-corrected chi connectivity index (χ0v) is 18.9. The second kappa shape index (κ2) is 18.5. The molecular formula is C21H46OSi. The molecule has 0 aliphatic rings. The molecule has 0 aliphatic carbocycles. The molecule has 0 N–H and O–H groups in total. The van der Waals surface area contributed by atoms with E-state index in [0.29, 0.717) is 6.10 Å². The van der Waals surface area contributed by atoms with E-state index in [1.165, 1.54) is 103 Å². The summed E-state index contributed by atoms with van der Waals surface area (Å²) >= 11 is 0. The summed E-state index contributed by atoms with van der Waals surface area (Å²) in [5, 5.41) is 0. The molecule has 0 saturated heterocycles. The quantitative estimate of drug-likeness (QED) is 0.202. The summed E-state index contributed by atoms with van der Waals surface area (Å²) in [6.45, 7) is 6.86. The highest BCUT2D eigenvalue weighted by Crippen LogP contribution is 2.17. The summed E-state index contributed by atoms with van der Waals surface area (Å²) in [5.74, 6) is 0.745. The van der Waals surface area contributed by atoms with Gasteiger partial charge in [-0.2, -0.15) is 0 Å². The third-order valence-corrected chi connectivity index (χ3v) is 6.18. The minimum absolute atomic E-state index is 0.480. The monoisotopic (exact) mass is 342 g/mol. The van der Waals surface area contributed by atoms with Crippen molar-refractivity contribution in [2.75, 3.05) is 0 Å². The summed E-state index contributed by atoms with van der Waals surface area (Å²) in [6.07, 6.45) is 23.6. The maximum atomic E-state index is 5.53. The Balaban J connectivity index is 3.08. The van der Waals surface area contributed by atoms with Crippen molar-refractivity contribution in [1.82, 2.24) is 0 Å². The summed E-state index contributed by atoms with van der Waals surface area (Å²) in [4.78, 5) is 0. The lowest BCUT2D eigenvalue weighted by Crippen LogP contribution is -2.16. The van der Waals surface area contributed by atoms with Crippen molar-refractivity contribution in [2.45, 2.75) is 130 Å². The Bertz CT molecular complexity index is 220. The van der Waals surface area contributed by atoms with Gasteiger partial charge in [-0.1, -0.05) is 110 Å². The topological polar surface area (TPSA) is 9.23 Å². The Kier molecular flexibility index (Phi) is 18.7. The Morgan fingerprint density at radius 2 is 0.957 bits per heavy atom. The predicted molar refractivity (Wildman–Crippen MR) is 109 cm³/mol. The second-order valence-corrected chi connectivity index (χ2v) is 8.13. The van der Waals surface area contributed by atoms with Crippen molar-refractivity contribution < 1.29 is 4.43 Å². The number of hydrogen-bond acceptors (Lipinski definition) is 1. The number of hydrogen-bond donors (Lipinski definition) is 0. The van der Waals surface area contributed by atoms with Crippen LogP contribution in [-0.4, -0.2) is 16.6 Å². The van der Waals surface area contributed by atoms with E-state index in [1.807, 2.05) is 0 Å². The second-order valence-electron chi connectivity index (χ2n) is 7.66. The number of unbranched alkanes of at least 4 members (excludes halogenated alkanes) is 14. The fourth-order valence-electron chi connectivity index (χ4n) is 3.30. The number of rotatable bonds is 18. The average molecular weight is 343 g/mol. The molecule has 0 bridgehead atoms. The molecule has 0 aromatic carbocycles. The van der Waals surface area contributed by atoms with Crippen LogP contribution in [0.3, 0.4) is 0 Å². The maximum Gasteiger partial charge on any atom is 0.146 e. The van der Waals surface area contributed by atoms with E-state index >= 15 is 0 Å². The van der Waals surface area contributed by atoms with Gasteiger partial charge < -0.3 is 4.43 Å². The molecule has 0 spiro atoms. The molecule has 140 valence electrons. The zero-order valence-electron chi connectivity index (χ0n) is 16.9. The molecule has 23 heavy (non-hydrogen) atoms. The van der Waals surface area contributed by atoms with E-state index in [0.717, 1.165) is 16.4 Å². The van der Waals surface area contributed by atoms with Gasteiger partial charge in [0.05, 0.1) is 0 Å². The molecule has 0 rings (SSSR count). The molecule has 2 heteroatoms. The molecule has 0 fully saturated rings. The lowest BCUT2D eigenvalue weighted by molar-refractivity contribution is 0.167. The van der Waals surface area contributed by atoms with E-state index in [-0.39, 0.29) is 0 Å². The SMILES string of the molecule is CCCCCCCCCCCCCCCCCC(C)C(C)O[SiH3]. The van der Waals surface area contributed by atoms with Gasteiger partial charge in [0.2, 0.25) is 0 Å². The van der Waals surface area contributed by atoms with Gasteiger partial charge >= 0.3 is 0 Å². The fourth-order valence-corrected chi connectivity index (χ4v) is 3.77.